The molecule has 3 aliphatic rings. The van der Waals surface area contributed by atoms with Crippen LogP contribution in [-0.2, 0) is 14.3 Å². The Morgan fingerprint density at radius 1 is 1.41 bits per heavy atom. The second-order valence-electron chi connectivity index (χ2n) is 5.99. The first-order valence-corrected chi connectivity index (χ1v) is 8.44. The maximum Gasteiger partial charge on any atom is 0.407 e. The van der Waals surface area contributed by atoms with E-state index < -0.39 is 17.5 Å². The highest BCUT2D eigenvalue weighted by atomic mass is 127. The summed E-state index contributed by atoms with van der Waals surface area (Å²) in [6, 6.07) is -0.0368. The molecule has 0 aromatic heterocycles. The van der Waals surface area contributed by atoms with Crippen LogP contribution in [-0.4, -0.2) is 62.5 Å². The smallest absolute Gasteiger partial charge is 0.407 e. The molecule has 0 aromatic rings. The number of carboxylic acid groups (broad SMARTS) is 1. The van der Waals surface area contributed by atoms with Crippen LogP contribution in [0.15, 0.2) is 11.8 Å². The summed E-state index contributed by atoms with van der Waals surface area (Å²) in [5.41, 5.74) is 0.0694. The fraction of sp³-hybridized carbons (Fsp3) is 0.643. The van der Waals surface area contributed by atoms with E-state index in [-0.39, 0.29) is 22.5 Å². The molecule has 1 N–H and O–H groups in total. The molecule has 7 nitrogen and oxygen atoms in total. The van der Waals surface area contributed by atoms with Crippen molar-refractivity contribution in [3.8, 4) is 0 Å². The van der Waals surface area contributed by atoms with E-state index in [9.17, 15) is 14.4 Å². The molecular weight excluding hydrogens is 403 g/mol. The molecule has 0 aromatic carbocycles. The number of ether oxygens (including phenoxy) is 1. The van der Waals surface area contributed by atoms with Gasteiger partial charge in [-0.3, -0.25) is 4.79 Å². The Labute approximate surface area is 141 Å². The molecule has 2 saturated heterocycles. The Hall–Kier alpha value is -1.32. The molecule has 1 spiro atoms. The Morgan fingerprint density at radius 2 is 2.05 bits per heavy atom. The number of esters is 1. The molecule has 2 amide bonds. The summed E-state index contributed by atoms with van der Waals surface area (Å²) in [5.74, 6) is -0.421. The van der Waals surface area contributed by atoms with Crippen molar-refractivity contribution in [2.45, 2.75) is 29.7 Å². The van der Waals surface area contributed by atoms with Gasteiger partial charge in [-0.2, -0.15) is 0 Å². The molecule has 120 valence electrons. The van der Waals surface area contributed by atoms with Crippen molar-refractivity contribution in [1.82, 2.24) is 9.80 Å². The number of carbonyl (C=O) groups excluding carboxylic acids is 2. The van der Waals surface area contributed by atoms with Gasteiger partial charge in [0.05, 0.1) is 11.1 Å². The van der Waals surface area contributed by atoms with E-state index in [0.717, 1.165) is 0 Å². The lowest BCUT2D eigenvalue weighted by Gasteiger charge is -2.38. The zero-order chi connectivity index (χ0) is 16.1. The minimum absolute atomic E-state index is 0.00557. The Morgan fingerprint density at radius 3 is 2.55 bits per heavy atom. The van der Waals surface area contributed by atoms with Gasteiger partial charge in [0.15, 0.2) is 0 Å². The Kier molecular flexibility index (Phi) is 3.82. The quantitative estimate of drug-likeness (QED) is 0.392. The van der Waals surface area contributed by atoms with Gasteiger partial charge in [-0.1, -0.05) is 22.6 Å². The highest BCUT2D eigenvalue weighted by Gasteiger charge is 2.58. The van der Waals surface area contributed by atoms with E-state index in [2.05, 4.69) is 22.6 Å². The monoisotopic (exact) mass is 420 g/mol. The zero-order valence-corrected chi connectivity index (χ0v) is 14.3. The number of likely N-dealkylation sites (tertiary alicyclic amines) is 2. The molecule has 2 atom stereocenters. The fourth-order valence-corrected chi connectivity index (χ4v) is 4.83. The third-order valence-corrected chi connectivity index (χ3v) is 7.12. The predicted octanol–water partition coefficient (Wildman–Crippen LogP) is 1.22. The van der Waals surface area contributed by atoms with Crippen molar-refractivity contribution in [2.24, 2.45) is 5.41 Å². The van der Waals surface area contributed by atoms with E-state index in [1.807, 2.05) is 6.92 Å². The minimum atomic E-state index is -0.937. The third-order valence-electron chi connectivity index (χ3n) is 4.89. The first-order valence-electron chi connectivity index (χ1n) is 7.20. The lowest BCUT2D eigenvalue weighted by molar-refractivity contribution is -0.138. The van der Waals surface area contributed by atoms with Crippen LogP contribution >= 0.6 is 22.6 Å². The average molecular weight is 420 g/mol. The summed E-state index contributed by atoms with van der Waals surface area (Å²) in [4.78, 5) is 38.4. The van der Waals surface area contributed by atoms with Crippen molar-refractivity contribution in [1.29, 1.82) is 0 Å². The summed E-state index contributed by atoms with van der Waals surface area (Å²) < 4.78 is 4.99. The van der Waals surface area contributed by atoms with E-state index in [0.29, 0.717) is 31.6 Å². The van der Waals surface area contributed by atoms with Gasteiger partial charge in [-0.15, -0.1) is 0 Å². The summed E-state index contributed by atoms with van der Waals surface area (Å²) in [7, 11) is 0. The number of hydrogen-bond acceptors (Lipinski definition) is 4. The van der Waals surface area contributed by atoms with Crippen LogP contribution in [0, 0.1) is 5.41 Å². The molecule has 0 bridgehead atoms. The van der Waals surface area contributed by atoms with Gasteiger partial charge < -0.3 is 19.6 Å². The van der Waals surface area contributed by atoms with Crippen LogP contribution in [0.2, 0.25) is 0 Å². The van der Waals surface area contributed by atoms with E-state index in [4.69, 9.17) is 9.84 Å². The number of nitrogens with zero attached hydrogens (tertiary/aromatic N) is 2. The van der Waals surface area contributed by atoms with Gasteiger partial charge in [0.2, 0.25) is 5.91 Å². The van der Waals surface area contributed by atoms with E-state index >= 15 is 0 Å². The first-order chi connectivity index (χ1) is 10.4. The number of cyclic esters (lactones) is 1. The molecule has 3 rings (SSSR count). The average Bonchev–Trinajstić information content (AvgIpc) is 2.98. The number of carbonyl (C=O) groups is 3. The van der Waals surface area contributed by atoms with Gasteiger partial charge in [-0.05, 0) is 19.8 Å². The van der Waals surface area contributed by atoms with E-state index in [1.54, 1.807) is 4.90 Å². The molecule has 2 unspecified atom stereocenters. The summed E-state index contributed by atoms with van der Waals surface area (Å²) in [6.07, 6.45) is 1.49. The second kappa shape index (κ2) is 5.39. The van der Waals surface area contributed by atoms with Crippen molar-refractivity contribution in [3.63, 3.8) is 0 Å². The van der Waals surface area contributed by atoms with Crippen molar-refractivity contribution < 1.29 is 24.2 Å². The van der Waals surface area contributed by atoms with Crippen LogP contribution in [0.3, 0.4) is 0 Å². The highest BCUT2D eigenvalue weighted by molar-refractivity contribution is 14.1. The van der Waals surface area contributed by atoms with Gasteiger partial charge in [0.25, 0.3) is 0 Å². The summed E-state index contributed by atoms with van der Waals surface area (Å²) >= 11 is 2.30. The molecule has 0 saturated carbocycles. The molecule has 22 heavy (non-hydrogen) atoms. The van der Waals surface area contributed by atoms with Crippen molar-refractivity contribution >= 4 is 40.6 Å². The van der Waals surface area contributed by atoms with Crippen molar-refractivity contribution in [3.05, 3.63) is 11.8 Å². The molecule has 3 aliphatic heterocycles. The van der Waals surface area contributed by atoms with Crippen molar-refractivity contribution in [2.75, 3.05) is 19.7 Å². The first kappa shape index (κ1) is 15.6. The van der Waals surface area contributed by atoms with Crippen LogP contribution in [0.4, 0.5) is 4.79 Å². The maximum absolute atomic E-state index is 13.0. The lowest BCUT2D eigenvalue weighted by atomic mass is 9.76. The molecule has 8 heteroatoms. The topological polar surface area (TPSA) is 87.2 Å². The molecular formula is C14H17IN2O5. The number of halogens is 1. The Bertz CT molecular complexity index is 568. The highest BCUT2D eigenvalue weighted by Crippen LogP contribution is 2.49. The summed E-state index contributed by atoms with van der Waals surface area (Å²) in [5, 5.41) is 9.07. The normalized spacial score (nSPS) is 30.7. The second-order valence-corrected chi connectivity index (χ2v) is 7.33. The fourth-order valence-electron chi connectivity index (χ4n) is 3.62. The van der Waals surface area contributed by atoms with Gasteiger partial charge in [0, 0.05) is 29.1 Å². The van der Waals surface area contributed by atoms with Crippen LogP contribution in [0.1, 0.15) is 19.8 Å². The zero-order valence-electron chi connectivity index (χ0n) is 12.1. The molecule has 0 aliphatic carbocycles. The lowest BCUT2D eigenvalue weighted by Crippen LogP contribution is -2.48. The van der Waals surface area contributed by atoms with Gasteiger partial charge in [0.1, 0.15) is 6.61 Å². The van der Waals surface area contributed by atoms with E-state index in [1.165, 1.54) is 11.0 Å². The summed E-state index contributed by atoms with van der Waals surface area (Å²) in [6.45, 7) is 2.85. The maximum atomic E-state index is 13.0. The van der Waals surface area contributed by atoms with Gasteiger partial charge in [-0.25, -0.2) is 9.59 Å². The molecule has 3 heterocycles. The number of hydrogen-bond donors (Lipinski definition) is 1. The third kappa shape index (κ3) is 2.19. The number of piperidine rings is 1. The minimum Gasteiger partial charge on any atom is -0.465 e. The number of alkyl halides is 1. The van der Waals surface area contributed by atoms with Crippen LogP contribution in [0.5, 0.6) is 0 Å². The SMILES string of the molecule is CC1C(I)C2(CCN(C(=O)O)CC2)C(=O)N1C1=CC(=O)OC1. The number of amides is 2. The van der Waals surface area contributed by atoms with Gasteiger partial charge >= 0.3 is 12.1 Å². The Balaban J connectivity index is 1.85. The molecule has 0 radical (unpaired) electrons. The standard InChI is InChI=1S/C14H17IN2O5/c1-8-11(15)14(2-4-16(5-3-14)13(20)21)12(19)17(8)9-6-10(18)22-7-9/h6,8,11H,2-5,7H2,1H3,(H,20,21). The number of rotatable bonds is 1. The predicted molar refractivity (Wildman–Crippen MR) is 84.4 cm³/mol. The largest absolute Gasteiger partial charge is 0.465 e. The van der Waals surface area contributed by atoms with Crippen LogP contribution < -0.4 is 0 Å². The molecule has 2 fully saturated rings. The van der Waals surface area contributed by atoms with Crippen LogP contribution in [0.25, 0.3) is 0 Å².